The lowest BCUT2D eigenvalue weighted by Gasteiger charge is -2.20. The Morgan fingerprint density at radius 1 is 1.62 bits per heavy atom. The van der Waals surface area contributed by atoms with Crippen molar-refractivity contribution in [1.82, 2.24) is 5.32 Å². The molecule has 0 rings (SSSR count). The van der Waals surface area contributed by atoms with Gasteiger partial charge in [0.25, 0.3) is 0 Å². The number of hydrogen-bond donors (Lipinski definition) is 1. The lowest BCUT2D eigenvalue weighted by Crippen LogP contribution is -2.39. The van der Waals surface area contributed by atoms with Gasteiger partial charge in [0.1, 0.15) is 0 Å². The SMILES string of the molecule is CCNC([SiH3])(Cl)CC. The fourth-order valence-electron chi connectivity index (χ4n) is 0.494. The van der Waals surface area contributed by atoms with Gasteiger partial charge in [-0.15, -0.1) is 11.6 Å². The van der Waals surface area contributed by atoms with Crippen LogP contribution in [0.2, 0.25) is 0 Å². The molecule has 0 aliphatic carbocycles. The normalized spacial score (nSPS) is 18.4. The van der Waals surface area contributed by atoms with E-state index in [-0.39, 0.29) is 4.62 Å². The summed E-state index contributed by atoms with van der Waals surface area (Å²) in [4.78, 5) is 0. The molecule has 3 heteroatoms. The van der Waals surface area contributed by atoms with E-state index >= 15 is 0 Å². The van der Waals surface area contributed by atoms with Crippen molar-refractivity contribution in [3.63, 3.8) is 0 Å². The quantitative estimate of drug-likeness (QED) is 0.347. The number of rotatable bonds is 3. The largest absolute Gasteiger partial charge is 0.303 e. The van der Waals surface area contributed by atoms with E-state index in [1.807, 2.05) is 0 Å². The van der Waals surface area contributed by atoms with Crippen LogP contribution < -0.4 is 5.32 Å². The van der Waals surface area contributed by atoms with Crippen LogP contribution in [0.4, 0.5) is 0 Å². The van der Waals surface area contributed by atoms with Crippen LogP contribution in [0.25, 0.3) is 0 Å². The molecule has 0 bridgehead atoms. The van der Waals surface area contributed by atoms with Crippen LogP contribution in [0.3, 0.4) is 0 Å². The first-order valence-electron chi connectivity index (χ1n) is 3.06. The van der Waals surface area contributed by atoms with E-state index in [1.165, 1.54) is 0 Å². The number of halogens is 1. The van der Waals surface area contributed by atoms with Crippen LogP contribution in [0.1, 0.15) is 20.3 Å². The van der Waals surface area contributed by atoms with Gasteiger partial charge in [-0.25, -0.2) is 0 Å². The molecule has 1 N–H and O–H groups in total. The Bertz CT molecular complexity index is 65.4. The molecule has 8 heavy (non-hydrogen) atoms. The Balaban J connectivity index is 3.37. The molecule has 0 aromatic carbocycles. The maximum atomic E-state index is 5.97. The minimum atomic E-state index is -0.0469. The van der Waals surface area contributed by atoms with Gasteiger partial charge in [-0.1, -0.05) is 13.8 Å². The molecule has 0 saturated heterocycles. The zero-order valence-electron chi connectivity index (χ0n) is 5.79. The molecular weight excluding hydrogens is 138 g/mol. The predicted octanol–water partition coefficient (Wildman–Crippen LogP) is 0.264. The minimum Gasteiger partial charge on any atom is -0.303 e. The van der Waals surface area contributed by atoms with Gasteiger partial charge in [0.15, 0.2) is 0 Å². The summed E-state index contributed by atoms with van der Waals surface area (Å²) in [6.45, 7) is 5.15. The zero-order chi connectivity index (χ0) is 6.62. The second-order valence-corrected chi connectivity index (χ2v) is 5.26. The second-order valence-electron chi connectivity index (χ2n) is 2.08. The van der Waals surface area contributed by atoms with Crippen molar-refractivity contribution in [3.05, 3.63) is 0 Å². The van der Waals surface area contributed by atoms with Crippen molar-refractivity contribution in [3.8, 4) is 0 Å². The Morgan fingerprint density at radius 3 is 2.25 bits per heavy atom. The summed E-state index contributed by atoms with van der Waals surface area (Å²) in [6, 6.07) is 0. The molecule has 0 saturated carbocycles. The highest BCUT2D eigenvalue weighted by atomic mass is 35.5. The summed E-state index contributed by atoms with van der Waals surface area (Å²) in [5.74, 6) is 0. The number of hydrogen-bond acceptors (Lipinski definition) is 1. The monoisotopic (exact) mass is 151 g/mol. The summed E-state index contributed by atoms with van der Waals surface area (Å²) in [7, 11) is 1.01. The zero-order valence-corrected chi connectivity index (χ0v) is 8.55. The predicted molar refractivity (Wildman–Crippen MR) is 42.5 cm³/mol. The maximum Gasteiger partial charge on any atom is 0.0722 e. The van der Waals surface area contributed by atoms with Crippen LogP contribution in [0.5, 0.6) is 0 Å². The molecule has 0 spiro atoms. The third-order valence-corrected chi connectivity index (χ3v) is 2.67. The molecule has 0 heterocycles. The molecule has 0 aliphatic heterocycles. The van der Waals surface area contributed by atoms with Crippen molar-refractivity contribution in [2.24, 2.45) is 0 Å². The third kappa shape index (κ3) is 3.47. The molecule has 0 fully saturated rings. The van der Waals surface area contributed by atoms with Gasteiger partial charge in [0.2, 0.25) is 0 Å². The Hall–Kier alpha value is 0.467. The average molecular weight is 152 g/mol. The first kappa shape index (κ1) is 8.47. The summed E-state index contributed by atoms with van der Waals surface area (Å²) in [6.07, 6.45) is 1.02. The number of nitrogens with one attached hydrogen (secondary N) is 1. The van der Waals surface area contributed by atoms with Crippen LogP contribution in [-0.2, 0) is 0 Å². The van der Waals surface area contributed by atoms with Crippen LogP contribution in [0.15, 0.2) is 0 Å². The van der Waals surface area contributed by atoms with Gasteiger partial charge in [-0.05, 0) is 13.0 Å². The van der Waals surface area contributed by atoms with E-state index in [2.05, 4.69) is 19.2 Å². The van der Waals surface area contributed by atoms with E-state index in [9.17, 15) is 0 Å². The highest BCUT2D eigenvalue weighted by molar-refractivity contribution is 6.44. The minimum absolute atomic E-state index is 0.0469. The first-order chi connectivity index (χ1) is 3.62. The standard InChI is InChI=1S/C5H14ClNSi/c1-3-5(6,8)7-4-2/h7H,3-4H2,1-2,8H3. The van der Waals surface area contributed by atoms with Crippen LogP contribution >= 0.6 is 11.6 Å². The molecule has 1 atom stereocenters. The molecule has 0 radical (unpaired) electrons. The van der Waals surface area contributed by atoms with Gasteiger partial charge in [0.05, 0.1) is 4.62 Å². The van der Waals surface area contributed by atoms with E-state index in [4.69, 9.17) is 11.6 Å². The Labute approximate surface area is 59.2 Å². The topological polar surface area (TPSA) is 12.0 Å². The summed E-state index contributed by atoms with van der Waals surface area (Å²) in [5, 5.41) is 3.20. The van der Waals surface area contributed by atoms with Crippen molar-refractivity contribution in [1.29, 1.82) is 0 Å². The first-order valence-corrected chi connectivity index (χ1v) is 4.44. The van der Waals surface area contributed by atoms with Crippen molar-refractivity contribution >= 4 is 21.8 Å². The molecule has 0 aromatic rings. The van der Waals surface area contributed by atoms with Crippen molar-refractivity contribution in [2.75, 3.05) is 6.54 Å². The van der Waals surface area contributed by atoms with E-state index in [0.717, 1.165) is 23.2 Å². The molecule has 1 nitrogen and oxygen atoms in total. The molecule has 1 unspecified atom stereocenters. The van der Waals surface area contributed by atoms with E-state index in [0.29, 0.717) is 0 Å². The Kier molecular flexibility index (Phi) is 3.69. The summed E-state index contributed by atoms with van der Waals surface area (Å²) >= 11 is 5.97. The number of alkyl halides is 1. The smallest absolute Gasteiger partial charge is 0.0722 e. The molecule has 50 valence electrons. The fourth-order valence-corrected chi connectivity index (χ4v) is 0.981. The Morgan fingerprint density at radius 2 is 2.12 bits per heavy atom. The van der Waals surface area contributed by atoms with Crippen molar-refractivity contribution in [2.45, 2.75) is 24.9 Å². The molecule has 0 aliphatic rings. The van der Waals surface area contributed by atoms with E-state index < -0.39 is 0 Å². The van der Waals surface area contributed by atoms with Crippen molar-refractivity contribution < 1.29 is 0 Å². The molecule has 0 amide bonds. The van der Waals surface area contributed by atoms with Crippen LogP contribution in [-0.4, -0.2) is 21.4 Å². The second kappa shape index (κ2) is 3.48. The van der Waals surface area contributed by atoms with Gasteiger partial charge in [-0.2, -0.15) is 0 Å². The highest BCUT2D eigenvalue weighted by Crippen LogP contribution is 2.08. The van der Waals surface area contributed by atoms with E-state index in [1.54, 1.807) is 0 Å². The van der Waals surface area contributed by atoms with Gasteiger partial charge < -0.3 is 5.32 Å². The third-order valence-electron chi connectivity index (χ3n) is 1.21. The maximum absolute atomic E-state index is 5.97. The summed E-state index contributed by atoms with van der Waals surface area (Å²) < 4.78 is -0.0469. The fraction of sp³-hybridized carbons (Fsp3) is 1.00. The van der Waals surface area contributed by atoms with Gasteiger partial charge in [-0.3, -0.25) is 0 Å². The molecule has 0 aromatic heterocycles. The lowest BCUT2D eigenvalue weighted by atomic mass is 10.4. The van der Waals surface area contributed by atoms with Gasteiger partial charge in [0, 0.05) is 10.2 Å². The summed E-state index contributed by atoms with van der Waals surface area (Å²) in [5.41, 5.74) is 0. The van der Waals surface area contributed by atoms with Gasteiger partial charge >= 0.3 is 0 Å². The highest BCUT2D eigenvalue weighted by Gasteiger charge is 2.13. The lowest BCUT2D eigenvalue weighted by molar-refractivity contribution is 0.594. The molecular formula is C5H14ClNSi. The van der Waals surface area contributed by atoms with Crippen LogP contribution in [0, 0.1) is 0 Å². The average Bonchev–Trinajstić information content (AvgIpc) is 1.67.